The summed E-state index contributed by atoms with van der Waals surface area (Å²) in [5.74, 6) is 0.708. The van der Waals surface area contributed by atoms with Crippen LogP contribution in [0.25, 0.3) is 11.0 Å². The van der Waals surface area contributed by atoms with Crippen molar-refractivity contribution in [3.63, 3.8) is 0 Å². The van der Waals surface area contributed by atoms with Gasteiger partial charge in [-0.2, -0.15) is 0 Å². The van der Waals surface area contributed by atoms with Crippen molar-refractivity contribution in [1.82, 2.24) is 14.5 Å². The van der Waals surface area contributed by atoms with Gasteiger partial charge >= 0.3 is 0 Å². The number of nitrogens with zero attached hydrogens (tertiary/aromatic N) is 3. The van der Waals surface area contributed by atoms with Crippen LogP contribution in [0.2, 0.25) is 0 Å². The Labute approximate surface area is 126 Å². The van der Waals surface area contributed by atoms with Crippen molar-refractivity contribution >= 4 is 22.6 Å². The fraction of sp³-hybridized carbons (Fsp3) is 0.200. The molecule has 2 aromatic heterocycles. The first-order chi connectivity index (χ1) is 10.2. The van der Waals surface area contributed by atoms with Crippen LogP contribution in [0.15, 0.2) is 36.7 Å². The molecular formula is C15H13ClFN3O. The zero-order chi connectivity index (χ0) is 14.8. The lowest BCUT2D eigenvalue weighted by molar-refractivity contribution is 0.387. The van der Waals surface area contributed by atoms with Gasteiger partial charge in [0.1, 0.15) is 5.82 Å². The Bertz CT molecular complexity index is 773. The predicted molar refractivity (Wildman–Crippen MR) is 79.1 cm³/mol. The number of fused-ring (bicyclic) bond motifs is 1. The molecule has 0 N–H and O–H groups in total. The highest BCUT2D eigenvalue weighted by Gasteiger charge is 2.14. The topological polar surface area (TPSA) is 39.9 Å². The smallest absolute Gasteiger partial charge is 0.167 e. The molecule has 0 aliphatic heterocycles. The highest BCUT2D eigenvalue weighted by atomic mass is 35.5. The molecule has 6 heteroatoms. The molecule has 2 heterocycles. The number of hydrogen-bond acceptors (Lipinski definition) is 3. The number of rotatable bonds is 4. The van der Waals surface area contributed by atoms with Gasteiger partial charge in [0.25, 0.3) is 0 Å². The van der Waals surface area contributed by atoms with Crippen molar-refractivity contribution in [3.05, 3.63) is 53.9 Å². The van der Waals surface area contributed by atoms with Gasteiger partial charge in [0.2, 0.25) is 0 Å². The normalized spacial score (nSPS) is 11.0. The molecule has 0 bridgehead atoms. The van der Waals surface area contributed by atoms with Crippen molar-refractivity contribution in [2.45, 2.75) is 12.4 Å². The minimum atomic E-state index is -0.431. The number of aromatic nitrogens is 3. The maximum Gasteiger partial charge on any atom is 0.167 e. The van der Waals surface area contributed by atoms with Crippen molar-refractivity contribution in [2.24, 2.45) is 0 Å². The van der Waals surface area contributed by atoms with E-state index in [1.54, 1.807) is 18.5 Å². The maximum absolute atomic E-state index is 13.8. The molecule has 0 saturated carbocycles. The van der Waals surface area contributed by atoms with Crippen LogP contribution in [0.1, 0.15) is 11.4 Å². The lowest BCUT2D eigenvalue weighted by atomic mass is 10.2. The lowest BCUT2D eigenvalue weighted by Gasteiger charge is -2.08. The molecule has 0 fully saturated rings. The lowest BCUT2D eigenvalue weighted by Crippen LogP contribution is -2.04. The van der Waals surface area contributed by atoms with Gasteiger partial charge in [-0.05, 0) is 17.7 Å². The predicted octanol–water partition coefficient (Wildman–Crippen LogP) is 3.37. The van der Waals surface area contributed by atoms with E-state index in [0.717, 1.165) is 11.1 Å². The molecule has 0 amide bonds. The third-order valence-corrected chi connectivity index (χ3v) is 3.55. The molecule has 3 aromatic rings. The fourth-order valence-electron chi connectivity index (χ4n) is 2.28. The number of benzene rings is 1. The third-order valence-electron chi connectivity index (χ3n) is 3.31. The molecule has 4 nitrogen and oxygen atoms in total. The van der Waals surface area contributed by atoms with E-state index >= 15 is 0 Å². The fourth-order valence-corrected chi connectivity index (χ4v) is 2.49. The van der Waals surface area contributed by atoms with Gasteiger partial charge in [0.15, 0.2) is 11.6 Å². The first-order valence-electron chi connectivity index (χ1n) is 6.40. The van der Waals surface area contributed by atoms with Crippen LogP contribution in [-0.4, -0.2) is 21.6 Å². The van der Waals surface area contributed by atoms with Crippen LogP contribution < -0.4 is 4.74 Å². The maximum atomic E-state index is 13.8. The summed E-state index contributed by atoms with van der Waals surface area (Å²) >= 11 is 5.96. The van der Waals surface area contributed by atoms with Crippen molar-refractivity contribution in [2.75, 3.05) is 7.11 Å². The van der Waals surface area contributed by atoms with E-state index in [4.69, 9.17) is 16.3 Å². The van der Waals surface area contributed by atoms with Crippen molar-refractivity contribution < 1.29 is 9.13 Å². The Kier molecular flexibility index (Phi) is 3.75. The number of pyridine rings is 1. The SMILES string of the molecule is COc1cc2c(cc1F)nc(CCl)n2Cc1ccncc1. The Morgan fingerprint density at radius 3 is 2.71 bits per heavy atom. The summed E-state index contributed by atoms with van der Waals surface area (Å²) in [4.78, 5) is 8.38. The van der Waals surface area contributed by atoms with Crippen LogP contribution >= 0.6 is 11.6 Å². The molecule has 0 spiro atoms. The first-order valence-corrected chi connectivity index (χ1v) is 6.94. The van der Waals surface area contributed by atoms with Gasteiger partial charge in [-0.15, -0.1) is 11.6 Å². The second-order valence-corrected chi connectivity index (χ2v) is 4.85. The zero-order valence-electron chi connectivity index (χ0n) is 11.4. The molecule has 0 saturated heterocycles. The van der Waals surface area contributed by atoms with E-state index in [1.165, 1.54) is 13.2 Å². The molecular weight excluding hydrogens is 293 g/mol. The molecule has 1 aromatic carbocycles. The largest absolute Gasteiger partial charge is 0.494 e. The summed E-state index contributed by atoms with van der Waals surface area (Å²) in [6, 6.07) is 6.86. The molecule has 3 rings (SSSR count). The van der Waals surface area contributed by atoms with E-state index in [1.807, 2.05) is 16.7 Å². The quantitative estimate of drug-likeness (QED) is 0.694. The van der Waals surface area contributed by atoms with Gasteiger partial charge in [-0.1, -0.05) is 0 Å². The minimum absolute atomic E-state index is 0.194. The summed E-state index contributed by atoms with van der Waals surface area (Å²) in [5, 5.41) is 0. The molecule has 0 unspecified atom stereocenters. The van der Waals surface area contributed by atoms with Gasteiger partial charge in [0, 0.05) is 31.1 Å². The van der Waals surface area contributed by atoms with Crippen molar-refractivity contribution in [3.8, 4) is 5.75 Å². The third kappa shape index (κ3) is 2.56. The Balaban J connectivity index is 2.15. The molecule has 0 atom stereocenters. The average Bonchev–Trinajstić information content (AvgIpc) is 2.84. The highest BCUT2D eigenvalue weighted by molar-refractivity contribution is 6.16. The minimum Gasteiger partial charge on any atom is -0.494 e. The van der Waals surface area contributed by atoms with Gasteiger partial charge < -0.3 is 9.30 Å². The second kappa shape index (κ2) is 5.69. The number of alkyl halides is 1. The van der Waals surface area contributed by atoms with Crippen LogP contribution in [0.5, 0.6) is 5.75 Å². The van der Waals surface area contributed by atoms with Crippen LogP contribution in [0.4, 0.5) is 4.39 Å². The summed E-state index contributed by atoms with van der Waals surface area (Å²) in [6.07, 6.45) is 3.46. The zero-order valence-corrected chi connectivity index (χ0v) is 12.1. The average molecular weight is 306 g/mol. The van der Waals surface area contributed by atoms with Gasteiger partial charge in [-0.25, -0.2) is 9.37 Å². The standard InChI is InChI=1S/C15H13ClFN3O/c1-21-14-7-13-12(6-11(14)17)19-15(8-16)20(13)9-10-2-4-18-5-3-10/h2-7H,8-9H2,1H3. The second-order valence-electron chi connectivity index (χ2n) is 4.58. The first kappa shape index (κ1) is 13.8. The molecule has 0 aliphatic rings. The number of halogens is 2. The summed E-state index contributed by atoms with van der Waals surface area (Å²) in [7, 11) is 1.44. The Hall–Kier alpha value is -2.14. The van der Waals surface area contributed by atoms with E-state index in [0.29, 0.717) is 17.9 Å². The number of hydrogen-bond donors (Lipinski definition) is 0. The van der Waals surface area contributed by atoms with Gasteiger partial charge in [0.05, 0.1) is 24.0 Å². The van der Waals surface area contributed by atoms with E-state index in [2.05, 4.69) is 9.97 Å². The summed E-state index contributed by atoms with van der Waals surface area (Å²) < 4.78 is 20.8. The molecule has 0 radical (unpaired) electrons. The van der Waals surface area contributed by atoms with Crippen LogP contribution in [0.3, 0.4) is 0 Å². The Morgan fingerprint density at radius 1 is 1.29 bits per heavy atom. The van der Waals surface area contributed by atoms with Crippen molar-refractivity contribution in [1.29, 1.82) is 0 Å². The molecule has 108 valence electrons. The van der Waals surface area contributed by atoms with Gasteiger partial charge in [-0.3, -0.25) is 4.98 Å². The summed E-state index contributed by atoms with van der Waals surface area (Å²) in [6.45, 7) is 0.593. The number of imidazole rings is 1. The highest BCUT2D eigenvalue weighted by Crippen LogP contribution is 2.26. The Morgan fingerprint density at radius 2 is 2.05 bits per heavy atom. The van der Waals surface area contributed by atoms with E-state index in [9.17, 15) is 4.39 Å². The van der Waals surface area contributed by atoms with Crippen LogP contribution in [0, 0.1) is 5.82 Å². The monoisotopic (exact) mass is 305 g/mol. The summed E-state index contributed by atoms with van der Waals surface area (Å²) in [5.41, 5.74) is 2.43. The van der Waals surface area contributed by atoms with E-state index in [-0.39, 0.29) is 11.6 Å². The van der Waals surface area contributed by atoms with E-state index < -0.39 is 5.82 Å². The number of methoxy groups -OCH3 is 1. The molecule has 21 heavy (non-hydrogen) atoms. The molecule has 0 aliphatic carbocycles. The van der Waals surface area contributed by atoms with Crippen LogP contribution in [-0.2, 0) is 12.4 Å². The number of ether oxygens (including phenoxy) is 1.